The lowest BCUT2D eigenvalue weighted by molar-refractivity contribution is -0.0249. The fraction of sp³-hybridized carbons (Fsp3) is 0.400. The van der Waals surface area contributed by atoms with E-state index in [-0.39, 0.29) is 12.0 Å². The van der Waals surface area contributed by atoms with E-state index in [2.05, 4.69) is 10.1 Å². The number of morpholine rings is 1. The van der Waals surface area contributed by atoms with Crippen molar-refractivity contribution in [3.8, 4) is 0 Å². The molecule has 116 valence electrons. The van der Waals surface area contributed by atoms with E-state index >= 15 is 0 Å². The number of ether oxygens (including phenoxy) is 1. The standard InChI is InChI=1S/C15H18N4O3/c1-2-10-8-12(18-22-10)15(20)19-6-7-21-13(9-19)11-4-3-5-14(16)17-11/h3-5,8,13H,2,6-7,9H2,1H3,(H2,16,17)/t13-/m0/s1. The average Bonchev–Trinajstić information content (AvgIpc) is 3.03. The Bertz CT molecular complexity index is 670. The molecule has 1 amide bonds. The predicted molar refractivity (Wildman–Crippen MR) is 79.1 cm³/mol. The quantitative estimate of drug-likeness (QED) is 0.921. The van der Waals surface area contributed by atoms with Crippen LogP contribution in [0.3, 0.4) is 0 Å². The van der Waals surface area contributed by atoms with Crippen molar-refractivity contribution in [2.45, 2.75) is 19.4 Å². The molecule has 2 N–H and O–H groups in total. The molecule has 1 atom stereocenters. The first-order chi connectivity index (χ1) is 10.7. The molecule has 1 fully saturated rings. The van der Waals surface area contributed by atoms with Gasteiger partial charge in [0.15, 0.2) is 5.69 Å². The normalized spacial score (nSPS) is 18.4. The summed E-state index contributed by atoms with van der Waals surface area (Å²) in [5.41, 5.74) is 6.76. The molecule has 0 saturated carbocycles. The number of aryl methyl sites for hydroxylation is 1. The molecular weight excluding hydrogens is 284 g/mol. The Kier molecular flexibility index (Phi) is 4.06. The predicted octanol–water partition coefficient (Wildman–Crippen LogP) is 1.43. The van der Waals surface area contributed by atoms with Gasteiger partial charge in [0, 0.05) is 19.0 Å². The second-order valence-corrected chi connectivity index (χ2v) is 5.13. The minimum Gasteiger partial charge on any atom is -0.384 e. The number of hydrogen-bond acceptors (Lipinski definition) is 6. The van der Waals surface area contributed by atoms with Gasteiger partial charge < -0.3 is 19.9 Å². The number of hydrogen-bond donors (Lipinski definition) is 1. The Labute approximate surface area is 128 Å². The highest BCUT2D eigenvalue weighted by atomic mass is 16.5. The number of amides is 1. The summed E-state index contributed by atoms with van der Waals surface area (Å²) in [7, 11) is 0. The second-order valence-electron chi connectivity index (χ2n) is 5.13. The van der Waals surface area contributed by atoms with Crippen LogP contribution in [0.2, 0.25) is 0 Å². The van der Waals surface area contributed by atoms with E-state index in [4.69, 9.17) is 15.0 Å². The van der Waals surface area contributed by atoms with Crippen LogP contribution in [0.1, 0.15) is 35.0 Å². The number of nitrogens with two attached hydrogens (primary N) is 1. The highest BCUT2D eigenvalue weighted by Gasteiger charge is 2.28. The number of nitrogens with zero attached hydrogens (tertiary/aromatic N) is 3. The van der Waals surface area contributed by atoms with Crippen LogP contribution in [-0.2, 0) is 11.2 Å². The molecule has 0 aliphatic carbocycles. The van der Waals surface area contributed by atoms with Gasteiger partial charge >= 0.3 is 0 Å². The van der Waals surface area contributed by atoms with Crippen LogP contribution in [0.5, 0.6) is 0 Å². The van der Waals surface area contributed by atoms with Gasteiger partial charge in [-0.15, -0.1) is 0 Å². The molecule has 2 aromatic heterocycles. The zero-order valence-corrected chi connectivity index (χ0v) is 12.4. The Hall–Kier alpha value is -2.41. The Morgan fingerprint density at radius 2 is 2.36 bits per heavy atom. The van der Waals surface area contributed by atoms with E-state index in [1.807, 2.05) is 19.1 Å². The molecule has 1 saturated heterocycles. The lowest BCUT2D eigenvalue weighted by Crippen LogP contribution is -2.42. The summed E-state index contributed by atoms with van der Waals surface area (Å²) in [5.74, 6) is 0.986. The molecule has 3 rings (SSSR count). The van der Waals surface area contributed by atoms with Crippen LogP contribution < -0.4 is 5.73 Å². The number of anilines is 1. The van der Waals surface area contributed by atoms with Crippen LogP contribution in [-0.4, -0.2) is 40.6 Å². The molecule has 7 nitrogen and oxygen atoms in total. The average molecular weight is 302 g/mol. The lowest BCUT2D eigenvalue weighted by Gasteiger charge is -2.32. The summed E-state index contributed by atoms with van der Waals surface area (Å²) in [6.45, 7) is 3.34. The smallest absolute Gasteiger partial charge is 0.276 e. The zero-order valence-electron chi connectivity index (χ0n) is 12.4. The Morgan fingerprint density at radius 3 is 3.09 bits per heavy atom. The summed E-state index contributed by atoms with van der Waals surface area (Å²) in [6, 6.07) is 7.08. The van der Waals surface area contributed by atoms with E-state index in [1.165, 1.54) is 0 Å². The van der Waals surface area contributed by atoms with Gasteiger partial charge in [0.05, 0.1) is 18.8 Å². The maximum atomic E-state index is 12.5. The van der Waals surface area contributed by atoms with Crippen LogP contribution in [0.15, 0.2) is 28.8 Å². The SMILES string of the molecule is CCc1cc(C(=O)N2CCO[C@H](c3cccc(N)n3)C2)no1. The molecule has 0 radical (unpaired) electrons. The summed E-state index contributed by atoms with van der Waals surface area (Å²) in [4.78, 5) is 18.4. The number of carbonyl (C=O) groups excluding carboxylic acids is 1. The van der Waals surface area contributed by atoms with Crippen molar-refractivity contribution in [3.63, 3.8) is 0 Å². The van der Waals surface area contributed by atoms with Crippen molar-refractivity contribution >= 4 is 11.7 Å². The van der Waals surface area contributed by atoms with E-state index in [0.29, 0.717) is 43.4 Å². The second kappa shape index (κ2) is 6.15. The van der Waals surface area contributed by atoms with Gasteiger partial charge in [-0.1, -0.05) is 18.1 Å². The highest BCUT2D eigenvalue weighted by molar-refractivity contribution is 5.92. The van der Waals surface area contributed by atoms with Gasteiger partial charge in [0.2, 0.25) is 0 Å². The number of carbonyl (C=O) groups is 1. The minimum atomic E-state index is -0.279. The first kappa shape index (κ1) is 14.5. The topological polar surface area (TPSA) is 94.5 Å². The van der Waals surface area contributed by atoms with E-state index in [9.17, 15) is 4.79 Å². The monoisotopic (exact) mass is 302 g/mol. The van der Waals surface area contributed by atoms with Crippen molar-refractivity contribution in [2.24, 2.45) is 0 Å². The van der Waals surface area contributed by atoms with Crippen molar-refractivity contribution < 1.29 is 14.1 Å². The van der Waals surface area contributed by atoms with Gasteiger partial charge in [-0.2, -0.15) is 0 Å². The number of pyridine rings is 1. The molecule has 2 aromatic rings. The van der Waals surface area contributed by atoms with E-state index in [0.717, 1.165) is 5.69 Å². The molecule has 7 heteroatoms. The maximum absolute atomic E-state index is 12.5. The van der Waals surface area contributed by atoms with Gasteiger partial charge in [-0.25, -0.2) is 4.98 Å². The molecule has 0 bridgehead atoms. The molecule has 22 heavy (non-hydrogen) atoms. The molecule has 1 aliphatic heterocycles. The first-order valence-corrected chi connectivity index (χ1v) is 7.26. The van der Waals surface area contributed by atoms with Crippen LogP contribution in [0.25, 0.3) is 0 Å². The van der Waals surface area contributed by atoms with Crippen LogP contribution in [0.4, 0.5) is 5.82 Å². The third kappa shape index (κ3) is 2.94. The third-order valence-corrected chi connectivity index (χ3v) is 3.60. The van der Waals surface area contributed by atoms with Crippen LogP contribution >= 0.6 is 0 Å². The summed E-state index contributed by atoms with van der Waals surface area (Å²) in [5, 5.41) is 3.83. The maximum Gasteiger partial charge on any atom is 0.276 e. The van der Waals surface area contributed by atoms with E-state index in [1.54, 1.807) is 17.0 Å². The lowest BCUT2D eigenvalue weighted by atomic mass is 10.1. The van der Waals surface area contributed by atoms with Crippen molar-refractivity contribution in [2.75, 3.05) is 25.4 Å². The largest absolute Gasteiger partial charge is 0.384 e. The highest BCUT2D eigenvalue weighted by Crippen LogP contribution is 2.22. The summed E-state index contributed by atoms with van der Waals surface area (Å²) < 4.78 is 10.8. The Morgan fingerprint density at radius 1 is 1.50 bits per heavy atom. The summed E-state index contributed by atoms with van der Waals surface area (Å²) in [6.07, 6.45) is 0.429. The number of aromatic nitrogens is 2. The molecule has 0 spiro atoms. The van der Waals surface area contributed by atoms with Gasteiger partial charge in [-0.3, -0.25) is 4.79 Å². The Balaban J connectivity index is 1.73. The molecule has 0 unspecified atom stereocenters. The van der Waals surface area contributed by atoms with E-state index < -0.39 is 0 Å². The summed E-state index contributed by atoms with van der Waals surface area (Å²) >= 11 is 0. The fourth-order valence-corrected chi connectivity index (χ4v) is 2.40. The van der Waals surface area contributed by atoms with Crippen LogP contribution in [0, 0.1) is 0 Å². The van der Waals surface area contributed by atoms with Gasteiger partial charge in [0.1, 0.15) is 17.7 Å². The minimum absolute atomic E-state index is 0.152. The molecular formula is C15H18N4O3. The molecule has 3 heterocycles. The zero-order chi connectivity index (χ0) is 15.5. The molecule has 0 aromatic carbocycles. The van der Waals surface area contributed by atoms with Gasteiger partial charge in [-0.05, 0) is 12.1 Å². The number of rotatable bonds is 3. The van der Waals surface area contributed by atoms with Crippen molar-refractivity contribution in [1.82, 2.24) is 15.0 Å². The van der Waals surface area contributed by atoms with Crippen molar-refractivity contribution in [3.05, 3.63) is 41.4 Å². The third-order valence-electron chi connectivity index (χ3n) is 3.60. The molecule has 1 aliphatic rings. The van der Waals surface area contributed by atoms with Gasteiger partial charge in [0.25, 0.3) is 5.91 Å². The number of nitrogen functional groups attached to an aromatic ring is 1. The van der Waals surface area contributed by atoms with Crippen molar-refractivity contribution in [1.29, 1.82) is 0 Å². The fourth-order valence-electron chi connectivity index (χ4n) is 2.40. The first-order valence-electron chi connectivity index (χ1n) is 7.26.